The molecule has 0 unspecified atom stereocenters. The first kappa shape index (κ1) is 17.6. The minimum Gasteiger partial charge on any atom is -0.495 e. The summed E-state index contributed by atoms with van der Waals surface area (Å²) in [6, 6.07) is 4.83. The number of methoxy groups -OCH3 is 1. The predicted octanol–water partition coefficient (Wildman–Crippen LogP) is 3.68. The van der Waals surface area contributed by atoms with Gasteiger partial charge in [-0.15, -0.1) is 0 Å². The largest absolute Gasteiger partial charge is 0.495 e. The van der Waals surface area contributed by atoms with E-state index in [1.165, 1.54) is 0 Å². The fourth-order valence-corrected chi connectivity index (χ4v) is 1.90. The van der Waals surface area contributed by atoms with Gasteiger partial charge in [0.05, 0.1) is 12.1 Å². The Balaban J connectivity index is 2.20. The summed E-state index contributed by atoms with van der Waals surface area (Å²) in [5, 5.41) is 5.94. The first-order valence-corrected chi connectivity index (χ1v) is 7.51. The van der Waals surface area contributed by atoms with Crippen LogP contribution < -0.4 is 15.4 Å². The van der Waals surface area contributed by atoms with Crippen molar-refractivity contribution in [3.63, 3.8) is 0 Å². The Morgan fingerprint density at radius 2 is 2.05 bits per heavy atom. The third-order valence-electron chi connectivity index (χ3n) is 2.80. The normalized spacial score (nSPS) is 10.2. The lowest BCUT2D eigenvalue weighted by Gasteiger charge is -2.09. The molecule has 0 aliphatic carbocycles. The van der Waals surface area contributed by atoms with Crippen molar-refractivity contribution in [2.24, 2.45) is 0 Å². The molecule has 21 heavy (non-hydrogen) atoms. The minimum atomic E-state index is -0.259. The number of anilines is 1. The van der Waals surface area contributed by atoms with Crippen LogP contribution in [0.5, 0.6) is 5.75 Å². The Labute approximate surface area is 131 Å². The summed E-state index contributed by atoms with van der Waals surface area (Å²) in [5.74, 6) is 0.576. The van der Waals surface area contributed by atoms with Gasteiger partial charge in [0.1, 0.15) is 5.75 Å². The maximum absolute atomic E-state index is 11.7. The Morgan fingerprint density at radius 3 is 2.71 bits per heavy atom. The van der Waals surface area contributed by atoms with Crippen LogP contribution in [0.15, 0.2) is 18.2 Å². The maximum atomic E-state index is 11.7. The number of unbranched alkanes of at least 4 members (excludes halogenated alkanes) is 1. The molecule has 0 fully saturated rings. The second-order valence-electron chi connectivity index (χ2n) is 4.55. The van der Waals surface area contributed by atoms with E-state index in [0.717, 1.165) is 25.9 Å². The molecule has 1 aromatic carbocycles. The quantitative estimate of drug-likeness (QED) is 0.684. The van der Waals surface area contributed by atoms with Crippen molar-refractivity contribution in [2.75, 3.05) is 32.2 Å². The van der Waals surface area contributed by atoms with Crippen molar-refractivity contribution < 1.29 is 14.3 Å². The highest BCUT2D eigenvalue weighted by atomic mass is 35.5. The van der Waals surface area contributed by atoms with E-state index in [4.69, 9.17) is 21.1 Å². The van der Waals surface area contributed by atoms with Gasteiger partial charge >= 0.3 is 6.03 Å². The summed E-state index contributed by atoms with van der Waals surface area (Å²) in [6.07, 6.45) is 3.00. The van der Waals surface area contributed by atoms with Crippen LogP contribution in [0.3, 0.4) is 0 Å². The van der Waals surface area contributed by atoms with Crippen LogP contribution in [0.1, 0.15) is 26.2 Å². The molecule has 0 aliphatic heterocycles. The molecule has 0 saturated carbocycles. The van der Waals surface area contributed by atoms with Crippen molar-refractivity contribution in [3.05, 3.63) is 23.2 Å². The number of ether oxygens (including phenoxy) is 2. The van der Waals surface area contributed by atoms with Crippen molar-refractivity contribution in [2.45, 2.75) is 26.2 Å². The van der Waals surface area contributed by atoms with Gasteiger partial charge in [0.25, 0.3) is 0 Å². The highest BCUT2D eigenvalue weighted by Crippen LogP contribution is 2.26. The van der Waals surface area contributed by atoms with E-state index in [0.29, 0.717) is 29.6 Å². The van der Waals surface area contributed by atoms with E-state index in [1.54, 1.807) is 25.3 Å². The van der Waals surface area contributed by atoms with Crippen LogP contribution in [0, 0.1) is 0 Å². The number of hydrogen-bond acceptors (Lipinski definition) is 3. The monoisotopic (exact) mass is 314 g/mol. The van der Waals surface area contributed by atoms with Crippen LogP contribution in [0.25, 0.3) is 0 Å². The molecule has 1 rings (SSSR count). The number of carbonyl (C=O) groups excluding carboxylic acids is 1. The predicted molar refractivity (Wildman–Crippen MR) is 85.4 cm³/mol. The molecule has 0 heterocycles. The molecular formula is C15H23ClN2O3. The average Bonchev–Trinajstić information content (AvgIpc) is 2.46. The van der Waals surface area contributed by atoms with Gasteiger partial charge in [-0.2, -0.15) is 0 Å². The molecule has 0 radical (unpaired) electrons. The molecule has 118 valence electrons. The van der Waals surface area contributed by atoms with Crippen molar-refractivity contribution in [1.82, 2.24) is 5.32 Å². The molecule has 5 nitrogen and oxygen atoms in total. The molecule has 0 spiro atoms. The number of halogens is 1. The topological polar surface area (TPSA) is 59.6 Å². The van der Waals surface area contributed by atoms with Gasteiger partial charge in [0.15, 0.2) is 0 Å². The van der Waals surface area contributed by atoms with Crippen LogP contribution in [0.4, 0.5) is 10.5 Å². The number of carbonyl (C=O) groups is 1. The molecule has 6 heteroatoms. The smallest absolute Gasteiger partial charge is 0.319 e. The van der Waals surface area contributed by atoms with E-state index in [1.807, 2.05) is 0 Å². The second kappa shape index (κ2) is 10.3. The Morgan fingerprint density at radius 1 is 1.29 bits per heavy atom. The molecule has 2 N–H and O–H groups in total. The fraction of sp³-hybridized carbons (Fsp3) is 0.533. The van der Waals surface area contributed by atoms with Gasteiger partial charge in [-0.25, -0.2) is 4.79 Å². The van der Waals surface area contributed by atoms with E-state index in [2.05, 4.69) is 17.6 Å². The van der Waals surface area contributed by atoms with Crippen LogP contribution in [-0.2, 0) is 4.74 Å². The Hall–Kier alpha value is -1.46. The number of urea groups is 1. The molecule has 1 aromatic rings. The molecule has 0 bridgehead atoms. The van der Waals surface area contributed by atoms with Gasteiger partial charge in [-0.05, 0) is 31.0 Å². The second-order valence-corrected chi connectivity index (χ2v) is 4.96. The molecule has 2 amide bonds. The first-order chi connectivity index (χ1) is 10.2. The maximum Gasteiger partial charge on any atom is 0.319 e. The van der Waals surface area contributed by atoms with Gasteiger partial charge in [0, 0.05) is 25.4 Å². The third-order valence-corrected chi connectivity index (χ3v) is 3.10. The number of rotatable bonds is 9. The minimum absolute atomic E-state index is 0.259. The van der Waals surface area contributed by atoms with E-state index < -0.39 is 0 Å². The lowest BCUT2D eigenvalue weighted by Crippen LogP contribution is -2.30. The molecule has 0 aromatic heterocycles. The van der Waals surface area contributed by atoms with E-state index >= 15 is 0 Å². The summed E-state index contributed by atoms with van der Waals surface area (Å²) in [6.45, 7) is 4.14. The molecule has 0 atom stereocenters. The fourth-order valence-electron chi connectivity index (χ4n) is 1.64. The lowest BCUT2D eigenvalue weighted by molar-refractivity contribution is 0.129. The summed E-state index contributed by atoms with van der Waals surface area (Å²) in [4.78, 5) is 11.7. The highest BCUT2D eigenvalue weighted by Gasteiger charge is 2.04. The number of hydrogen-bond donors (Lipinski definition) is 2. The zero-order valence-corrected chi connectivity index (χ0v) is 13.3. The number of benzene rings is 1. The van der Waals surface area contributed by atoms with Crippen molar-refractivity contribution in [3.8, 4) is 5.75 Å². The summed E-state index contributed by atoms with van der Waals surface area (Å²) in [7, 11) is 1.55. The van der Waals surface area contributed by atoms with Crippen LogP contribution in [-0.4, -0.2) is 32.9 Å². The number of nitrogens with one attached hydrogen (secondary N) is 2. The molecular weight excluding hydrogens is 292 g/mol. The van der Waals surface area contributed by atoms with Gasteiger partial charge in [-0.1, -0.05) is 24.9 Å². The van der Waals surface area contributed by atoms with Crippen LogP contribution in [0.2, 0.25) is 5.02 Å². The Kier molecular flexibility index (Phi) is 8.62. The van der Waals surface area contributed by atoms with Gasteiger partial charge in [0.2, 0.25) is 0 Å². The SMILES string of the molecule is CCCCOCCCNC(=O)Nc1ccc(OC)c(Cl)c1. The average molecular weight is 315 g/mol. The molecule has 0 saturated heterocycles. The summed E-state index contributed by atoms with van der Waals surface area (Å²) >= 11 is 5.99. The Bertz CT molecular complexity index is 441. The van der Waals surface area contributed by atoms with Gasteiger partial charge < -0.3 is 20.1 Å². The van der Waals surface area contributed by atoms with E-state index in [9.17, 15) is 4.79 Å². The van der Waals surface area contributed by atoms with Crippen molar-refractivity contribution in [1.29, 1.82) is 0 Å². The summed E-state index contributed by atoms with van der Waals surface area (Å²) < 4.78 is 10.5. The lowest BCUT2D eigenvalue weighted by atomic mass is 10.3. The zero-order valence-electron chi connectivity index (χ0n) is 12.6. The zero-order chi connectivity index (χ0) is 15.5. The van der Waals surface area contributed by atoms with Crippen molar-refractivity contribution >= 4 is 23.3 Å². The first-order valence-electron chi connectivity index (χ1n) is 7.13. The summed E-state index contributed by atoms with van der Waals surface area (Å²) in [5.41, 5.74) is 0.623. The van der Waals surface area contributed by atoms with Gasteiger partial charge in [-0.3, -0.25) is 0 Å². The number of amides is 2. The molecule has 0 aliphatic rings. The van der Waals surface area contributed by atoms with Crippen LogP contribution >= 0.6 is 11.6 Å². The third kappa shape index (κ3) is 7.20. The highest BCUT2D eigenvalue weighted by molar-refractivity contribution is 6.32. The van der Waals surface area contributed by atoms with E-state index in [-0.39, 0.29) is 6.03 Å². The standard InChI is InChI=1S/C15H23ClN2O3/c1-3-4-9-21-10-5-8-17-15(19)18-12-6-7-14(20-2)13(16)11-12/h6-7,11H,3-5,8-10H2,1-2H3,(H2,17,18,19).